The summed E-state index contributed by atoms with van der Waals surface area (Å²) in [6, 6.07) is 3.68. The van der Waals surface area contributed by atoms with Gasteiger partial charge in [-0.1, -0.05) is 12.6 Å². The third-order valence-electron chi connectivity index (χ3n) is 3.64. The number of hydrogen-bond acceptors (Lipinski definition) is 3. The second-order valence-corrected chi connectivity index (χ2v) is 5.01. The molecule has 2 amide bonds. The molecule has 5 heteroatoms. The molecule has 1 aromatic heterocycles. The van der Waals surface area contributed by atoms with E-state index in [0.717, 1.165) is 24.1 Å². The summed E-state index contributed by atoms with van der Waals surface area (Å²) < 4.78 is 0. The summed E-state index contributed by atoms with van der Waals surface area (Å²) in [6.07, 6.45) is 5.19. The smallest absolute Gasteiger partial charge is 0.227 e. The quantitative estimate of drug-likeness (QED) is 0.888. The molecule has 0 radical (unpaired) electrons. The Balaban J connectivity index is 2.04. The Morgan fingerprint density at radius 1 is 1.55 bits per heavy atom. The van der Waals surface area contributed by atoms with Gasteiger partial charge in [-0.15, -0.1) is 0 Å². The number of nitrogens with two attached hydrogens (primary N) is 1. The fraction of sp³-hybridized carbons (Fsp3) is 0.400. The van der Waals surface area contributed by atoms with E-state index in [9.17, 15) is 9.59 Å². The molecule has 20 heavy (non-hydrogen) atoms. The van der Waals surface area contributed by atoms with Crippen LogP contribution in [0.3, 0.4) is 0 Å². The number of primary amides is 1. The molecular weight excluding hydrogens is 254 g/mol. The highest BCUT2D eigenvalue weighted by Gasteiger charge is 2.27. The van der Waals surface area contributed by atoms with Crippen LogP contribution >= 0.6 is 0 Å². The summed E-state index contributed by atoms with van der Waals surface area (Å²) in [5.74, 6) is -0.539. The number of carbonyl (C=O) groups excluding carboxylic acids is 2. The minimum absolute atomic E-state index is 0.00653. The van der Waals surface area contributed by atoms with E-state index >= 15 is 0 Å². The largest absolute Gasteiger partial charge is 0.369 e. The molecule has 0 aliphatic carbocycles. The average Bonchev–Trinajstić information content (AvgIpc) is 2.48. The Labute approximate surface area is 118 Å². The molecule has 5 nitrogen and oxygen atoms in total. The fourth-order valence-electron chi connectivity index (χ4n) is 2.49. The Morgan fingerprint density at radius 3 is 3.05 bits per heavy atom. The second-order valence-electron chi connectivity index (χ2n) is 5.01. The van der Waals surface area contributed by atoms with E-state index in [2.05, 4.69) is 11.6 Å². The van der Waals surface area contributed by atoms with Crippen LogP contribution in [0.2, 0.25) is 0 Å². The molecule has 0 spiro atoms. The van der Waals surface area contributed by atoms with E-state index in [-0.39, 0.29) is 24.2 Å². The number of aromatic nitrogens is 1. The van der Waals surface area contributed by atoms with Gasteiger partial charge in [-0.2, -0.15) is 0 Å². The van der Waals surface area contributed by atoms with Crippen LogP contribution in [0, 0.1) is 5.92 Å². The van der Waals surface area contributed by atoms with Gasteiger partial charge in [-0.05, 0) is 30.5 Å². The summed E-state index contributed by atoms with van der Waals surface area (Å²) in [7, 11) is 0. The summed E-state index contributed by atoms with van der Waals surface area (Å²) in [5.41, 5.74) is 6.91. The lowest BCUT2D eigenvalue weighted by molar-refractivity contribution is -0.134. The summed E-state index contributed by atoms with van der Waals surface area (Å²) in [4.78, 5) is 29.5. The number of amides is 2. The zero-order chi connectivity index (χ0) is 14.5. The topological polar surface area (TPSA) is 76.3 Å². The molecule has 0 saturated carbocycles. The molecule has 2 N–H and O–H groups in total. The zero-order valence-electron chi connectivity index (χ0n) is 11.4. The van der Waals surface area contributed by atoms with Gasteiger partial charge < -0.3 is 10.6 Å². The molecule has 2 rings (SSSR count). The minimum atomic E-state index is -0.323. The van der Waals surface area contributed by atoms with Gasteiger partial charge in [0.2, 0.25) is 11.8 Å². The van der Waals surface area contributed by atoms with Crippen LogP contribution in [0.4, 0.5) is 0 Å². The van der Waals surface area contributed by atoms with Crippen molar-refractivity contribution in [2.24, 2.45) is 11.7 Å². The first kappa shape index (κ1) is 14.2. The Kier molecular flexibility index (Phi) is 4.50. The van der Waals surface area contributed by atoms with Crippen molar-refractivity contribution < 1.29 is 9.59 Å². The first-order valence-electron chi connectivity index (χ1n) is 6.75. The molecule has 1 aliphatic heterocycles. The molecule has 0 unspecified atom stereocenters. The standard InChI is InChI=1S/C15H19N3O2/c1-2-13-11(5-3-7-17-13)9-14(19)18-8-4-6-12(10-18)15(16)20/h2-3,5,7,12H,1,4,6,8-10H2,(H2,16,20)/t12-/m0/s1. The number of carbonyl (C=O) groups is 2. The van der Waals surface area contributed by atoms with Crippen molar-refractivity contribution in [3.05, 3.63) is 36.2 Å². The van der Waals surface area contributed by atoms with Crippen molar-refractivity contribution in [2.75, 3.05) is 13.1 Å². The third-order valence-corrected chi connectivity index (χ3v) is 3.64. The number of piperidine rings is 1. The predicted molar refractivity (Wildman–Crippen MR) is 76.5 cm³/mol. The average molecular weight is 273 g/mol. The van der Waals surface area contributed by atoms with Crippen molar-refractivity contribution in [3.8, 4) is 0 Å². The van der Waals surface area contributed by atoms with Gasteiger partial charge in [0, 0.05) is 19.3 Å². The van der Waals surface area contributed by atoms with E-state index in [1.54, 1.807) is 23.2 Å². The van der Waals surface area contributed by atoms with E-state index < -0.39 is 0 Å². The van der Waals surface area contributed by atoms with Crippen LogP contribution < -0.4 is 5.73 Å². The molecule has 0 aromatic carbocycles. The lowest BCUT2D eigenvalue weighted by Gasteiger charge is -2.31. The molecule has 1 aromatic rings. The highest BCUT2D eigenvalue weighted by atomic mass is 16.2. The molecule has 0 bridgehead atoms. The normalized spacial score (nSPS) is 18.6. The van der Waals surface area contributed by atoms with Gasteiger partial charge in [0.15, 0.2) is 0 Å². The van der Waals surface area contributed by atoms with Gasteiger partial charge in [-0.25, -0.2) is 0 Å². The van der Waals surface area contributed by atoms with Crippen LogP contribution in [0.15, 0.2) is 24.9 Å². The predicted octanol–water partition coefficient (Wildman–Crippen LogP) is 0.991. The monoisotopic (exact) mass is 273 g/mol. The first-order valence-corrected chi connectivity index (χ1v) is 6.75. The van der Waals surface area contributed by atoms with Crippen molar-refractivity contribution >= 4 is 17.9 Å². The van der Waals surface area contributed by atoms with Crippen LogP contribution in [-0.2, 0) is 16.0 Å². The van der Waals surface area contributed by atoms with Gasteiger partial charge in [0.05, 0.1) is 18.0 Å². The van der Waals surface area contributed by atoms with Crippen molar-refractivity contribution in [1.29, 1.82) is 0 Å². The molecular formula is C15H19N3O2. The number of nitrogens with zero attached hydrogens (tertiary/aromatic N) is 2. The van der Waals surface area contributed by atoms with E-state index in [4.69, 9.17) is 5.73 Å². The van der Waals surface area contributed by atoms with E-state index in [1.165, 1.54) is 0 Å². The van der Waals surface area contributed by atoms with Crippen molar-refractivity contribution in [3.63, 3.8) is 0 Å². The lowest BCUT2D eigenvalue weighted by Crippen LogP contribution is -2.44. The number of rotatable bonds is 4. The molecule has 2 heterocycles. The minimum Gasteiger partial charge on any atom is -0.369 e. The van der Waals surface area contributed by atoms with Crippen LogP contribution in [-0.4, -0.2) is 34.8 Å². The van der Waals surface area contributed by atoms with E-state index in [0.29, 0.717) is 13.1 Å². The van der Waals surface area contributed by atoms with Gasteiger partial charge >= 0.3 is 0 Å². The zero-order valence-corrected chi connectivity index (χ0v) is 11.4. The van der Waals surface area contributed by atoms with Gasteiger partial charge in [0.25, 0.3) is 0 Å². The maximum atomic E-state index is 12.3. The summed E-state index contributed by atoms with van der Waals surface area (Å²) in [6.45, 7) is 4.81. The van der Waals surface area contributed by atoms with E-state index in [1.807, 2.05) is 6.07 Å². The number of pyridine rings is 1. The van der Waals surface area contributed by atoms with Gasteiger partial charge in [-0.3, -0.25) is 14.6 Å². The Morgan fingerprint density at radius 2 is 2.35 bits per heavy atom. The Hall–Kier alpha value is -2.17. The SMILES string of the molecule is C=Cc1ncccc1CC(=O)N1CCC[C@H](C(N)=O)C1. The number of likely N-dealkylation sites (tertiary alicyclic amines) is 1. The number of hydrogen-bond donors (Lipinski definition) is 1. The fourth-order valence-corrected chi connectivity index (χ4v) is 2.49. The maximum Gasteiger partial charge on any atom is 0.227 e. The molecule has 1 saturated heterocycles. The van der Waals surface area contributed by atoms with Crippen LogP contribution in [0.25, 0.3) is 6.08 Å². The van der Waals surface area contributed by atoms with Crippen LogP contribution in [0.1, 0.15) is 24.1 Å². The molecule has 1 atom stereocenters. The first-order chi connectivity index (χ1) is 9.61. The third kappa shape index (κ3) is 3.23. The molecule has 106 valence electrons. The van der Waals surface area contributed by atoms with Crippen molar-refractivity contribution in [1.82, 2.24) is 9.88 Å². The Bertz CT molecular complexity index is 528. The highest BCUT2D eigenvalue weighted by molar-refractivity contribution is 5.82. The van der Waals surface area contributed by atoms with Crippen molar-refractivity contribution in [2.45, 2.75) is 19.3 Å². The highest BCUT2D eigenvalue weighted by Crippen LogP contribution is 2.18. The molecule has 1 aliphatic rings. The summed E-state index contributed by atoms with van der Waals surface area (Å²) >= 11 is 0. The molecule has 1 fully saturated rings. The maximum absolute atomic E-state index is 12.3. The lowest BCUT2D eigenvalue weighted by atomic mass is 9.97. The van der Waals surface area contributed by atoms with Gasteiger partial charge in [0.1, 0.15) is 0 Å². The van der Waals surface area contributed by atoms with Crippen LogP contribution in [0.5, 0.6) is 0 Å². The second kappa shape index (κ2) is 6.32. The summed E-state index contributed by atoms with van der Waals surface area (Å²) in [5, 5.41) is 0.